The molecule has 1 aliphatic carbocycles. The van der Waals surface area contributed by atoms with Crippen LogP contribution in [-0.4, -0.2) is 66.0 Å². The van der Waals surface area contributed by atoms with Gasteiger partial charge in [0.1, 0.15) is 11.4 Å². The number of hydrogen-bond acceptors (Lipinski definition) is 5. The van der Waals surface area contributed by atoms with E-state index in [0.29, 0.717) is 25.5 Å². The van der Waals surface area contributed by atoms with Gasteiger partial charge in [0.2, 0.25) is 5.91 Å². The van der Waals surface area contributed by atoms with Crippen LogP contribution in [0.25, 0.3) is 0 Å². The summed E-state index contributed by atoms with van der Waals surface area (Å²) in [4.78, 5) is 22.5. The van der Waals surface area contributed by atoms with Crippen LogP contribution in [-0.2, 0) is 11.0 Å². The van der Waals surface area contributed by atoms with Crippen molar-refractivity contribution >= 4 is 11.7 Å². The summed E-state index contributed by atoms with van der Waals surface area (Å²) < 4.78 is 38.2. The van der Waals surface area contributed by atoms with Crippen molar-refractivity contribution in [1.82, 2.24) is 14.8 Å². The largest absolute Gasteiger partial charge is 0.417 e. The van der Waals surface area contributed by atoms with Crippen LogP contribution < -0.4 is 4.90 Å². The van der Waals surface area contributed by atoms with E-state index >= 15 is 0 Å². The number of nitriles is 1. The highest BCUT2D eigenvalue weighted by Crippen LogP contribution is 2.32. The van der Waals surface area contributed by atoms with E-state index in [0.717, 1.165) is 57.3 Å². The highest BCUT2D eigenvalue weighted by molar-refractivity contribution is 5.79. The number of alkyl halides is 3. The van der Waals surface area contributed by atoms with Crippen molar-refractivity contribution in [2.75, 3.05) is 44.7 Å². The lowest BCUT2D eigenvalue weighted by Gasteiger charge is -2.39. The number of halogens is 3. The fraction of sp³-hybridized carbons (Fsp3) is 0.667. The van der Waals surface area contributed by atoms with E-state index < -0.39 is 17.3 Å². The van der Waals surface area contributed by atoms with E-state index in [-0.39, 0.29) is 12.5 Å². The predicted octanol–water partition coefficient (Wildman–Crippen LogP) is 3.30. The summed E-state index contributed by atoms with van der Waals surface area (Å²) in [6, 6.07) is 4.83. The Balaban J connectivity index is 1.57. The summed E-state index contributed by atoms with van der Waals surface area (Å²) in [6.45, 7) is 2.83. The third-order valence-corrected chi connectivity index (χ3v) is 6.25. The van der Waals surface area contributed by atoms with Gasteiger partial charge in [-0.1, -0.05) is 19.3 Å². The number of pyridine rings is 1. The van der Waals surface area contributed by atoms with Crippen molar-refractivity contribution in [3.63, 3.8) is 0 Å². The summed E-state index contributed by atoms with van der Waals surface area (Å²) in [5.41, 5.74) is -1.46. The van der Waals surface area contributed by atoms with Gasteiger partial charge in [-0.2, -0.15) is 18.4 Å². The lowest BCUT2D eigenvalue weighted by atomic mass is 9.81. The van der Waals surface area contributed by atoms with Crippen LogP contribution in [0.15, 0.2) is 18.3 Å². The van der Waals surface area contributed by atoms with Crippen LogP contribution in [0.1, 0.15) is 44.1 Å². The molecule has 0 radical (unpaired) electrons. The zero-order chi connectivity index (χ0) is 21.8. The Hall–Kier alpha value is -2.34. The fourth-order valence-electron chi connectivity index (χ4n) is 4.29. The second kappa shape index (κ2) is 9.21. The summed E-state index contributed by atoms with van der Waals surface area (Å²) >= 11 is 0. The summed E-state index contributed by atoms with van der Waals surface area (Å²) in [5.74, 6) is 0.457. The quantitative estimate of drug-likeness (QED) is 0.744. The minimum Gasteiger partial charge on any atom is -0.355 e. The van der Waals surface area contributed by atoms with Crippen molar-refractivity contribution < 1.29 is 18.0 Å². The molecule has 0 atom stereocenters. The van der Waals surface area contributed by atoms with Gasteiger partial charge < -0.3 is 9.80 Å². The maximum Gasteiger partial charge on any atom is 0.417 e. The Bertz CT molecular complexity index is 768. The second-order valence-corrected chi connectivity index (χ2v) is 8.18. The van der Waals surface area contributed by atoms with Crippen molar-refractivity contribution in [3.8, 4) is 6.07 Å². The molecule has 6 nitrogen and oxygen atoms in total. The molecule has 0 N–H and O–H groups in total. The highest BCUT2D eigenvalue weighted by Gasteiger charge is 2.39. The summed E-state index contributed by atoms with van der Waals surface area (Å²) in [6.07, 6.45) is 1.72. The molecule has 0 aromatic carbocycles. The molecule has 0 spiro atoms. The molecule has 1 aromatic heterocycles. The molecule has 2 fully saturated rings. The van der Waals surface area contributed by atoms with E-state index in [1.165, 1.54) is 6.07 Å². The van der Waals surface area contributed by atoms with Crippen LogP contribution in [0.5, 0.6) is 0 Å². The van der Waals surface area contributed by atoms with Gasteiger partial charge in [0.05, 0.1) is 18.2 Å². The average Bonchev–Trinajstić information content (AvgIpc) is 2.98. The first-order valence-corrected chi connectivity index (χ1v) is 10.4. The van der Waals surface area contributed by atoms with E-state index in [9.17, 15) is 23.2 Å². The highest BCUT2D eigenvalue weighted by atomic mass is 19.4. The van der Waals surface area contributed by atoms with Crippen LogP contribution >= 0.6 is 0 Å². The second-order valence-electron chi connectivity index (χ2n) is 8.18. The number of nitrogens with zero attached hydrogens (tertiary/aromatic N) is 5. The Morgan fingerprint density at radius 2 is 1.90 bits per heavy atom. The SMILES string of the molecule is CN(C(=O)CN1CCCN(c2ccc(C(F)(F)F)cn2)CC1)C1(C#N)CCCCC1. The Kier molecular flexibility index (Phi) is 6.86. The zero-order valence-electron chi connectivity index (χ0n) is 17.3. The van der Waals surface area contributed by atoms with Crippen molar-refractivity contribution in [3.05, 3.63) is 23.9 Å². The molecule has 0 unspecified atom stereocenters. The maximum atomic E-state index is 12.9. The molecule has 2 heterocycles. The molecule has 1 aliphatic heterocycles. The summed E-state index contributed by atoms with van der Waals surface area (Å²) in [5, 5.41) is 9.70. The number of likely N-dealkylation sites (N-methyl/N-ethyl adjacent to an activating group) is 1. The smallest absolute Gasteiger partial charge is 0.355 e. The first-order valence-electron chi connectivity index (χ1n) is 10.4. The van der Waals surface area contributed by atoms with Gasteiger partial charge in [-0.25, -0.2) is 4.98 Å². The zero-order valence-corrected chi connectivity index (χ0v) is 17.3. The maximum absolute atomic E-state index is 12.9. The molecule has 30 heavy (non-hydrogen) atoms. The number of carbonyl (C=O) groups is 1. The third kappa shape index (κ3) is 5.04. The third-order valence-electron chi connectivity index (χ3n) is 6.25. The molecule has 1 saturated carbocycles. The number of hydrogen-bond donors (Lipinski definition) is 0. The Morgan fingerprint density at radius 1 is 1.17 bits per heavy atom. The molecule has 2 aliphatic rings. The molecular weight excluding hydrogens is 395 g/mol. The van der Waals surface area contributed by atoms with Gasteiger partial charge in [0, 0.05) is 39.4 Å². The first kappa shape index (κ1) is 22.3. The number of aromatic nitrogens is 1. The minimum atomic E-state index is -4.40. The van der Waals surface area contributed by atoms with Gasteiger partial charge in [0.25, 0.3) is 0 Å². The molecule has 9 heteroatoms. The van der Waals surface area contributed by atoms with Gasteiger partial charge >= 0.3 is 6.18 Å². The van der Waals surface area contributed by atoms with Crippen molar-refractivity contribution in [2.24, 2.45) is 0 Å². The molecular formula is C21H28F3N5O. The van der Waals surface area contributed by atoms with Crippen molar-refractivity contribution in [1.29, 1.82) is 5.26 Å². The van der Waals surface area contributed by atoms with E-state index in [2.05, 4.69) is 16.0 Å². The van der Waals surface area contributed by atoms with Gasteiger partial charge in [-0.15, -0.1) is 0 Å². The normalized spacial score (nSPS) is 20.3. The molecule has 1 aromatic rings. The fourth-order valence-corrected chi connectivity index (χ4v) is 4.29. The van der Waals surface area contributed by atoms with Crippen LogP contribution in [0.4, 0.5) is 19.0 Å². The number of anilines is 1. The molecule has 164 valence electrons. The standard InChI is InChI=1S/C21H28F3N5O/c1-27(20(16-25)8-3-2-4-9-20)19(30)15-28-10-5-11-29(13-12-28)18-7-6-17(14-26-18)21(22,23)24/h6-7,14H,2-5,8-13,15H2,1H3. The molecule has 1 amide bonds. The van der Waals surface area contributed by atoms with Gasteiger partial charge in [0.15, 0.2) is 0 Å². The Morgan fingerprint density at radius 3 is 2.50 bits per heavy atom. The lowest BCUT2D eigenvalue weighted by Crippen LogP contribution is -2.52. The van der Waals surface area contributed by atoms with E-state index in [1.807, 2.05) is 4.90 Å². The predicted molar refractivity (Wildman–Crippen MR) is 107 cm³/mol. The van der Waals surface area contributed by atoms with Crippen LogP contribution in [0, 0.1) is 11.3 Å². The summed E-state index contributed by atoms with van der Waals surface area (Å²) in [7, 11) is 1.73. The number of rotatable bonds is 4. The lowest BCUT2D eigenvalue weighted by molar-refractivity contribution is -0.138. The Labute approximate surface area is 175 Å². The number of amides is 1. The minimum absolute atomic E-state index is 0.0560. The molecule has 3 rings (SSSR count). The van der Waals surface area contributed by atoms with Gasteiger partial charge in [-0.3, -0.25) is 9.69 Å². The molecule has 1 saturated heterocycles. The first-order chi connectivity index (χ1) is 14.2. The number of carbonyl (C=O) groups excluding carboxylic acids is 1. The van der Waals surface area contributed by atoms with Crippen LogP contribution in [0.2, 0.25) is 0 Å². The monoisotopic (exact) mass is 423 g/mol. The molecule has 0 bridgehead atoms. The average molecular weight is 423 g/mol. The van der Waals surface area contributed by atoms with E-state index in [1.54, 1.807) is 11.9 Å². The van der Waals surface area contributed by atoms with Crippen molar-refractivity contribution in [2.45, 2.75) is 50.2 Å². The van der Waals surface area contributed by atoms with Gasteiger partial charge in [-0.05, 0) is 31.4 Å². The topological polar surface area (TPSA) is 63.5 Å². The van der Waals surface area contributed by atoms with Crippen LogP contribution in [0.3, 0.4) is 0 Å². The van der Waals surface area contributed by atoms with E-state index in [4.69, 9.17) is 0 Å².